The van der Waals surface area contributed by atoms with Crippen molar-refractivity contribution in [3.63, 3.8) is 0 Å². The van der Waals surface area contributed by atoms with Gasteiger partial charge in [-0.15, -0.1) is 0 Å². The molecule has 0 bridgehead atoms. The van der Waals surface area contributed by atoms with Crippen LogP contribution in [0.25, 0.3) is 0 Å². The van der Waals surface area contributed by atoms with Crippen LogP contribution in [0.3, 0.4) is 0 Å². The molecule has 1 aromatic heterocycles. The van der Waals surface area contributed by atoms with Crippen LogP contribution in [0, 0.1) is 0 Å². The maximum Gasteiger partial charge on any atom is 0.244 e. The molecule has 4 rings (SSSR count). The van der Waals surface area contributed by atoms with Gasteiger partial charge in [0.15, 0.2) is 5.82 Å². The molecule has 3 heterocycles. The first kappa shape index (κ1) is 16.2. The monoisotopic (exact) mass is 341 g/mol. The van der Waals surface area contributed by atoms with Crippen LogP contribution < -0.4 is 4.90 Å². The highest BCUT2D eigenvalue weighted by Gasteiger charge is 2.39. The van der Waals surface area contributed by atoms with Gasteiger partial charge in [0.2, 0.25) is 5.91 Å². The van der Waals surface area contributed by atoms with Crippen molar-refractivity contribution in [1.82, 2.24) is 20.1 Å². The molecule has 7 heteroatoms. The third-order valence-electron chi connectivity index (χ3n) is 4.96. The third kappa shape index (κ3) is 3.17. The second-order valence-electron chi connectivity index (χ2n) is 6.48. The summed E-state index contributed by atoms with van der Waals surface area (Å²) in [6, 6.07) is 9.79. The van der Waals surface area contributed by atoms with E-state index < -0.39 is 0 Å². The zero-order chi connectivity index (χ0) is 17.2. The molecule has 2 atom stereocenters. The van der Waals surface area contributed by atoms with E-state index in [1.165, 1.54) is 0 Å². The molecule has 0 aliphatic carbocycles. The van der Waals surface area contributed by atoms with Gasteiger partial charge in [0.25, 0.3) is 0 Å². The van der Waals surface area contributed by atoms with Gasteiger partial charge >= 0.3 is 0 Å². The number of carbonyl (C=O) groups excluding carboxylic acids is 1. The van der Waals surface area contributed by atoms with E-state index in [4.69, 9.17) is 4.74 Å². The molecule has 2 aliphatic rings. The Kier molecular flexibility index (Phi) is 4.50. The first-order valence-electron chi connectivity index (χ1n) is 8.89. The fraction of sp³-hybridized carbons (Fsp3) is 0.500. The Bertz CT molecular complexity index is 732. The molecular weight excluding hydrogens is 318 g/mol. The topological polar surface area (TPSA) is 74.3 Å². The summed E-state index contributed by atoms with van der Waals surface area (Å²) in [6.45, 7) is 4.81. The van der Waals surface area contributed by atoms with Gasteiger partial charge in [-0.1, -0.05) is 25.1 Å². The predicted molar refractivity (Wildman–Crippen MR) is 93.2 cm³/mol. The SMILES string of the molecule is CCc1nc(C2CN(C3CCN(c4ccccc4)C3=O)CCO2)n[nH]1. The summed E-state index contributed by atoms with van der Waals surface area (Å²) in [7, 11) is 0. The summed E-state index contributed by atoms with van der Waals surface area (Å²) in [5.74, 6) is 1.73. The quantitative estimate of drug-likeness (QED) is 0.913. The minimum atomic E-state index is -0.177. The van der Waals surface area contributed by atoms with Gasteiger partial charge < -0.3 is 9.64 Å². The molecule has 0 radical (unpaired) electrons. The fourth-order valence-corrected chi connectivity index (χ4v) is 3.59. The van der Waals surface area contributed by atoms with Crippen LogP contribution in [-0.4, -0.2) is 58.3 Å². The zero-order valence-corrected chi connectivity index (χ0v) is 14.4. The number of ether oxygens (including phenoxy) is 1. The highest BCUT2D eigenvalue weighted by molar-refractivity contribution is 5.99. The van der Waals surface area contributed by atoms with E-state index >= 15 is 0 Å². The lowest BCUT2D eigenvalue weighted by atomic mass is 10.1. The predicted octanol–water partition coefficient (Wildman–Crippen LogP) is 1.55. The maximum absolute atomic E-state index is 12.9. The standard InChI is InChI=1S/C18H23N5O2/c1-2-16-19-17(21-20-16)15-12-22(10-11-25-15)14-8-9-23(18(14)24)13-6-4-3-5-7-13/h3-7,14-15H,2,8-12H2,1H3,(H,19,20,21). The Morgan fingerprint density at radius 1 is 1.28 bits per heavy atom. The van der Waals surface area contributed by atoms with Gasteiger partial charge in [-0.25, -0.2) is 4.98 Å². The smallest absolute Gasteiger partial charge is 0.244 e. The molecule has 25 heavy (non-hydrogen) atoms. The average molecular weight is 341 g/mol. The number of carbonyl (C=O) groups is 1. The number of hydrogen-bond donors (Lipinski definition) is 1. The number of H-pyrrole nitrogens is 1. The summed E-state index contributed by atoms with van der Waals surface area (Å²) in [4.78, 5) is 21.5. The Labute approximate surface area is 147 Å². The third-order valence-corrected chi connectivity index (χ3v) is 4.96. The van der Waals surface area contributed by atoms with Crippen molar-refractivity contribution in [2.75, 3.05) is 31.1 Å². The first-order chi connectivity index (χ1) is 12.3. The van der Waals surface area contributed by atoms with Crippen LogP contribution in [-0.2, 0) is 16.0 Å². The number of para-hydroxylation sites is 1. The van der Waals surface area contributed by atoms with Crippen LogP contribution >= 0.6 is 0 Å². The van der Waals surface area contributed by atoms with Crippen molar-refractivity contribution in [2.24, 2.45) is 0 Å². The highest BCUT2D eigenvalue weighted by atomic mass is 16.5. The number of aromatic amines is 1. The zero-order valence-electron chi connectivity index (χ0n) is 14.4. The molecule has 132 valence electrons. The minimum Gasteiger partial charge on any atom is -0.367 e. The van der Waals surface area contributed by atoms with E-state index in [1.807, 2.05) is 42.2 Å². The molecule has 7 nitrogen and oxygen atoms in total. The average Bonchev–Trinajstić information content (AvgIpc) is 3.29. The lowest BCUT2D eigenvalue weighted by molar-refractivity contribution is -0.125. The molecule has 0 saturated carbocycles. The Balaban J connectivity index is 1.46. The number of aryl methyl sites for hydroxylation is 1. The molecule has 1 aromatic carbocycles. The van der Waals surface area contributed by atoms with Gasteiger partial charge in [-0.2, -0.15) is 5.10 Å². The molecular formula is C18H23N5O2. The van der Waals surface area contributed by atoms with Crippen molar-refractivity contribution in [2.45, 2.75) is 31.9 Å². The van der Waals surface area contributed by atoms with E-state index in [2.05, 4.69) is 20.1 Å². The van der Waals surface area contributed by atoms with Gasteiger partial charge in [0, 0.05) is 31.7 Å². The summed E-state index contributed by atoms with van der Waals surface area (Å²) in [5, 5.41) is 7.21. The molecule has 1 N–H and O–H groups in total. The molecule has 2 aromatic rings. The number of hydrogen-bond acceptors (Lipinski definition) is 5. The molecule has 0 spiro atoms. The van der Waals surface area contributed by atoms with Crippen molar-refractivity contribution < 1.29 is 9.53 Å². The fourth-order valence-electron chi connectivity index (χ4n) is 3.59. The molecule has 2 saturated heterocycles. The lowest BCUT2D eigenvalue weighted by Crippen LogP contribution is -2.48. The minimum absolute atomic E-state index is 0.0869. The van der Waals surface area contributed by atoms with Crippen LogP contribution in [0.2, 0.25) is 0 Å². The summed E-state index contributed by atoms with van der Waals surface area (Å²) < 4.78 is 5.85. The summed E-state index contributed by atoms with van der Waals surface area (Å²) >= 11 is 0. The molecule has 2 aliphatic heterocycles. The van der Waals surface area contributed by atoms with Gasteiger partial charge in [0.05, 0.1) is 12.6 Å². The van der Waals surface area contributed by atoms with Crippen molar-refractivity contribution in [3.05, 3.63) is 42.0 Å². The van der Waals surface area contributed by atoms with Gasteiger partial charge in [-0.3, -0.25) is 14.8 Å². The van der Waals surface area contributed by atoms with E-state index in [1.54, 1.807) is 0 Å². The van der Waals surface area contributed by atoms with Crippen molar-refractivity contribution in [1.29, 1.82) is 0 Å². The number of rotatable bonds is 4. The van der Waals surface area contributed by atoms with E-state index in [0.717, 1.165) is 37.4 Å². The van der Waals surface area contributed by atoms with E-state index in [9.17, 15) is 4.79 Å². The van der Waals surface area contributed by atoms with Crippen LogP contribution in [0.15, 0.2) is 30.3 Å². The lowest BCUT2D eigenvalue weighted by Gasteiger charge is -2.34. The second-order valence-corrected chi connectivity index (χ2v) is 6.48. The number of nitrogens with zero attached hydrogens (tertiary/aromatic N) is 4. The molecule has 2 unspecified atom stereocenters. The van der Waals surface area contributed by atoms with Crippen LogP contribution in [0.1, 0.15) is 31.1 Å². The maximum atomic E-state index is 12.9. The number of amides is 1. The van der Waals surface area contributed by atoms with Gasteiger partial charge in [0.1, 0.15) is 11.9 Å². The van der Waals surface area contributed by atoms with Crippen molar-refractivity contribution in [3.8, 4) is 0 Å². The Morgan fingerprint density at radius 3 is 2.88 bits per heavy atom. The molecule has 1 amide bonds. The Hall–Kier alpha value is -2.25. The number of morpholine rings is 1. The van der Waals surface area contributed by atoms with E-state index in [-0.39, 0.29) is 18.1 Å². The molecule has 2 fully saturated rings. The Morgan fingerprint density at radius 2 is 2.12 bits per heavy atom. The van der Waals surface area contributed by atoms with Crippen LogP contribution in [0.4, 0.5) is 5.69 Å². The summed E-state index contributed by atoms with van der Waals surface area (Å²) in [5.41, 5.74) is 0.973. The van der Waals surface area contributed by atoms with Gasteiger partial charge in [-0.05, 0) is 18.6 Å². The summed E-state index contributed by atoms with van der Waals surface area (Å²) in [6.07, 6.45) is 1.48. The number of anilines is 1. The number of benzene rings is 1. The first-order valence-corrected chi connectivity index (χ1v) is 8.89. The number of aromatic nitrogens is 3. The van der Waals surface area contributed by atoms with Crippen LogP contribution in [0.5, 0.6) is 0 Å². The normalized spacial score (nSPS) is 24.8. The number of nitrogens with one attached hydrogen (secondary N) is 1. The second kappa shape index (κ2) is 6.93. The van der Waals surface area contributed by atoms with E-state index in [0.29, 0.717) is 19.0 Å². The highest BCUT2D eigenvalue weighted by Crippen LogP contribution is 2.28. The largest absolute Gasteiger partial charge is 0.367 e. The van der Waals surface area contributed by atoms with Crippen molar-refractivity contribution >= 4 is 11.6 Å².